The van der Waals surface area contributed by atoms with E-state index in [9.17, 15) is 4.79 Å². The number of hydrogen-bond donors (Lipinski definition) is 0. The summed E-state index contributed by atoms with van der Waals surface area (Å²) in [7, 11) is 0. The Kier molecular flexibility index (Phi) is 2.37. The largest absolute Gasteiger partial charge is 0.446 e. The molecule has 2 aliphatic carbocycles. The van der Waals surface area contributed by atoms with Gasteiger partial charge in [-0.2, -0.15) is 0 Å². The number of carbonyl (C=O) groups excluding carboxylic acids is 1. The second kappa shape index (κ2) is 3.50. The number of ketones is 1. The van der Waals surface area contributed by atoms with Gasteiger partial charge in [-0.3, -0.25) is 4.79 Å². The first-order valence-electron chi connectivity index (χ1n) is 7.18. The average Bonchev–Trinajstić information content (AvgIpc) is 2.86. The Balaban J connectivity index is 2.01. The minimum Gasteiger partial charge on any atom is -0.446 e. The quantitative estimate of drug-likeness (QED) is 0.667. The van der Waals surface area contributed by atoms with Crippen LogP contribution in [0.5, 0.6) is 0 Å². The van der Waals surface area contributed by atoms with Crippen LogP contribution in [-0.2, 0) is 9.53 Å². The number of Topliss-reactive ketones (excluding diaryl/α,β-unsaturated/α-hetero) is 1. The summed E-state index contributed by atoms with van der Waals surface area (Å²) in [6.07, 6.45) is 3.54. The van der Waals surface area contributed by atoms with Gasteiger partial charge in [0.2, 0.25) is 5.90 Å². The Bertz CT molecular complexity index is 513. The molecular formula is C16H23NO2. The summed E-state index contributed by atoms with van der Waals surface area (Å²) >= 11 is 0. The van der Waals surface area contributed by atoms with Gasteiger partial charge in [0.15, 0.2) is 5.78 Å². The van der Waals surface area contributed by atoms with Crippen molar-refractivity contribution < 1.29 is 9.53 Å². The van der Waals surface area contributed by atoms with E-state index in [2.05, 4.69) is 34.6 Å². The van der Waals surface area contributed by atoms with E-state index in [1.54, 1.807) is 0 Å². The molecule has 0 unspecified atom stereocenters. The molecule has 0 aromatic carbocycles. The van der Waals surface area contributed by atoms with Crippen LogP contribution in [0.15, 0.2) is 16.3 Å². The number of carbonyl (C=O) groups is 1. The molecule has 1 aliphatic heterocycles. The van der Waals surface area contributed by atoms with E-state index in [-0.39, 0.29) is 22.2 Å². The summed E-state index contributed by atoms with van der Waals surface area (Å²) in [6.45, 7) is 10.5. The molecule has 0 N–H and O–H groups in total. The molecule has 1 heterocycles. The van der Waals surface area contributed by atoms with Gasteiger partial charge >= 0.3 is 0 Å². The number of ether oxygens (including phenoxy) is 1. The van der Waals surface area contributed by atoms with Crippen LogP contribution in [0.3, 0.4) is 0 Å². The molecule has 0 amide bonds. The van der Waals surface area contributed by atoms with Crippen molar-refractivity contribution in [3.05, 3.63) is 11.3 Å². The molecule has 0 atom stereocenters. The van der Waals surface area contributed by atoms with Gasteiger partial charge in [-0.25, -0.2) is 4.99 Å². The third-order valence-corrected chi connectivity index (χ3v) is 4.13. The second-order valence-electron chi connectivity index (χ2n) is 8.01. The molecule has 104 valence electrons. The first-order chi connectivity index (χ1) is 8.63. The first-order valence-corrected chi connectivity index (χ1v) is 7.18. The van der Waals surface area contributed by atoms with E-state index >= 15 is 0 Å². The van der Waals surface area contributed by atoms with Gasteiger partial charge in [0.1, 0.15) is 5.76 Å². The summed E-state index contributed by atoms with van der Waals surface area (Å²) in [6, 6.07) is 0. The van der Waals surface area contributed by atoms with E-state index in [1.165, 1.54) is 0 Å². The smallest absolute Gasteiger partial charge is 0.201 e. The zero-order valence-electron chi connectivity index (χ0n) is 12.6. The third-order valence-electron chi connectivity index (χ3n) is 4.13. The predicted octanol–water partition coefficient (Wildman–Crippen LogP) is 3.64. The lowest BCUT2D eigenvalue weighted by atomic mass is 9.74. The highest BCUT2D eigenvalue weighted by Gasteiger charge is 2.61. The highest BCUT2D eigenvalue weighted by atomic mass is 16.5. The Morgan fingerprint density at radius 1 is 1.16 bits per heavy atom. The summed E-state index contributed by atoms with van der Waals surface area (Å²) in [5.74, 6) is 1.99. The number of hydrogen-bond acceptors (Lipinski definition) is 3. The molecule has 0 bridgehead atoms. The second-order valence-corrected chi connectivity index (χ2v) is 8.01. The van der Waals surface area contributed by atoms with Gasteiger partial charge in [-0.05, 0) is 39.0 Å². The van der Waals surface area contributed by atoms with Crippen molar-refractivity contribution in [3.8, 4) is 0 Å². The molecule has 0 aromatic rings. The lowest BCUT2D eigenvalue weighted by Gasteiger charge is -2.28. The Morgan fingerprint density at radius 2 is 1.79 bits per heavy atom. The van der Waals surface area contributed by atoms with Crippen LogP contribution in [0.4, 0.5) is 0 Å². The number of nitrogens with zero attached hydrogens (tertiary/aromatic N) is 1. The van der Waals surface area contributed by atoms with Crippen molar-refractivity contribution in [3.63, 3.8) is 0 Å². The van der Waals surface area contributed by atoms with Crippen LogP contribution in [0, 0.1) is 10.8 Å². The summed E-state index contributed by atoms with van der Waals surface area (Å²) < 4.78 is 6.03. The van der Waals surface area contributed by atoms with E-state index in [0.717, 1.165) is 36.5 Å². The molecule has 3 aliphatic rings. The fourth-order valence-electron chi connectivity index (χ4n) is 3.23. The number of aliphatic imine (C=N–C) groups is 1. The topological polar surface area (TPSA) is 38.7 Å². The van der Waals surface area contributed by atoms with Crippen LogP contribution < -0.4 is 0 Å². The van der Waals surface area contributed by atoms with Gasteiger partial charge in [-0.1, -0.05) is 13.8 Å². The van der Waals surface area contributed by atoms with E-state index in [1.807, 2.05) is 0 Å². The molecule has 19 heavy (non-hydrogen) atoms. The number of rotatable bonds is 0. The highest BCUT2D eigenvalue weighted by molar-refractivity contribution is 6.09. The molecule has 0 aromatic heterocycles. The van der Waals surface area contributed by atoms with E-state index in [0.29, 0.717) is 6.42 Å². The lowest BCUT2D eigenvalue weighted by molar-refractivity contribution is -0.118. The maximum absolute atomic E-state index is 12.5. The standard InChI is InChI=1S/C16H23NO2/c1-14(2,3)17-13-16(6-7-16)12-10(18)8-15(4,5)9-11(12)19-13/h6-9H2,1-5H3. The van der Waals surface area contributed by atoms with Crippen molar-refractivity contribution in [1.29, 1.82) is 0 Å². The Labute approximate surface area is 115 Å². The molecule has 1 saturated carbocycles. The summed E-state index contributed by atoms with van der Waals surface area (Å²) in [5, 5.41) is 0. The molecule has 1 spiro atoms. The van der Waals surface area contributed by atoms with Crippen molar-refractivity contribution in [2.24, 2.45) is 15.8 Å². The maximum atomic E-state index is 12.5. The average molecular weight is 261 g/mol. The molecule has 1 fully saturated rings. The van der Waals surface area contributed by atoms with Gasteiger partial charge in [0, 0.05) is 18.4 Å². The van der Waals surface area contributed by atoms with Crippen molar-refractivity contribution in [2.75, 3.05) is 0 Å². The van der Waals surface area contributed by atoms with Gasteiger partial charge in [-0.15, -0.1) is 0 Å². The predicted molar refractivity (Wildman–Crippen MR) is 75.0 cm³/mol. The van der Waals surface area contributed by atoms with Crippen LogP contribution in [-0.4, -0.2) is 17.2 Å². The zero-order chi connectivity index (χ0) is 14.1. The van der Waals surface area contributed by atoms with Crippen molar-refractivity contribution in [1.82, 2.24) is 0 Å². The van der Waals surface area contributed by atoms with Crippen LogP contribution in [0.25, 0.3) is 0 Å². The Morgan fingerprint density at radius 3 is 2.32 bits per heavy atom. The summed E-state index contributed by atoms with van der Waals surface area (Å²) in [4.78, 5) is 17.2. The number of fused-ring (bicyclic) bond motifs is 1. The number of allylic oxidation sites excluding steroid dienone is 1. The van der Waals surface area contributed by atoms with Gasteiger partial charge in [0.05, 0.1) is 11.0 Å². The van der Waals surface area contributed by atoms with Crippen molar-refractivity contribution in [2.45, 2.75) is 65.8 Å². The van der Waals surface area contributed by atoms with Crippen LogP contribution in [0.2, 0.25) is 0 Å². The molecule has 0 radical (unpaired) electrons. The van der Waals surface area contributed by atoms with E-state index < -0.39 is 0 Å². The van der Waals surface area contributed by atoms with Gasteiger partial charge in [0.25, 0.3) is 0 Å². The lowest BCUT2D eigenvalue weighted by Crippen LogP contribution is -2.27. The fourth-order valence-corrected chi connectivity index (χ4v) is 3.23. The zero-order valence-corrected chi connectivity index (χ0v) is 12.6. The molecule has 3 heteroatoms. The molecule has 3 nitrogen and oxygen atoms in total. The van der Waals surface area contributed by atoms with Crippen molar-refractivity contribution >= 4 is 11.7 Å². The molecular weight excluding hydrogens is 238 g/mol. The maximum Gasteiger partial charge on any atom is 0.201 e. The molecule has 3 rings (SSSR count). The summed E-state index contributed by atoms with van der Waals surface area (Å²) in [5.41, 5.74) is 0.673. The van der Waals surface area contributed by atoms with Crippen LogP contribution in [0.1, 0.15) is 60.3 Å². The van der Waals surface area contributed by atoms with Crippen LogP contribution >= 0.6 is 0 Å². The van der Waals surface area contributed by atoms with Gasteiger partial charge < -0.3 is 4.74 Å². The highest BCUT2D eigenvalue weighted by Crippen LogP contribution is 2.61. The Hall–Kier alpha value is -1.12. The minimum absolute atomic E-state index is 0.0170. The first kappa shape index (κ1) is 12.9. The SMILES string of the molecule is CC1(C)CC(=O)C2=C(C1)OC(=NC(C)(C)C)C21CC1. The monoisotopic (exact) mass is 261 g/mol. The fraction of sp³-hybridized carbons (Fsp3) is 0.750. The molecule has 0 saturated heterocycles. The third kappa shape index (κ3) is 2.03. The minimum atomic E-state index is -0.155. The van der Waals surface area contributed by atoms with E-state index in [4.69, 9.17) is 9.73 Å². The normalized spacial score (nSPS) is 29.7.